The van der Waals surface area contributed by atoms with Gasteiger partial charge >= 0.3 is 0 Å². The molecule has 0 aliphatic carbocycles. The monoisotopic (exact) mass is 314 g/mol. The Kier molecular flexibility index (Phi) is 4.01. The van der Waals surface area contributed by atoms with E-state index in [1.165, 1.54) is 24.3 Å². The van der Waals surface area contributed by atoms with Gasteiger partial charge in [-0.2, -0.15) is 0 Å². The maximum Gasteiger partial charge on any atom is 0.261 e. The van der Waals surface area contributed by atoms with E-state index in [0.29, 0.717) is 17.1 Å². The fourth-order valence-electron chi connectivity index (χ4n) is 1.77. The lowest BCUT2D eigenvalue weighted by Gasteiger charge is -2.10. The predicted octanol–water partition coefficient (Wildman–Crippen LogP) is 4.16. The minimum absolute atomic E-state index is 0.0301. The summed E-state index contributed by atoms with van der Waals surface area (Å²) in [5, 5.41) is 0. The highest BCUT2D eigenvalue weighted by molar-refractivity contribution is 8.13. The number of aryl methyl sites for hydroxylation is 2. The van der Waals surface area contributed by atoms with Crippen LogP contribution in [0.15, 0.2) is 41.3 Å². The van der Waals surface area contributed by atoms with Gasteiger partial charge in [0.25, 0.3) is 9.05 Å². The summed E-state index contributed by atoms with van der Waals surface area (Å²) in [5.41, 5.74) is 1.24. The Bertz CT molecular complexity index is 757. The molecule has 0 radical (unpaired) electrons. The van der Waals surface area contributed by atoms with E-state index >= 15 is 0 Å². The van der Waals surface area contributed by atoms with Gasteiger partial charge in [0.05, 0.1) is 4.90 Å². The van der Waals surface area contributed by atoms with E-state index in [-0.39, 0.29) is 4.90 Å². The predicted molar refractivity (Wildman–Crippen MR) is 75.4 cm³/mol. The number of benzene rings is 2. The molecule has 2 aromatic carbocycles. The average Bonchev–Trinajstić information content (AvgIpc) is 2.32. The third-order valence-electron chi connectivity index (χ3n) is 2.79. The van der Waals surface area contributed by atoms with E-state index in [4.69, 9.17) is 15.4 Å². The fraction of sp³-hybridized carbons (Fsp3) is 0.143. The first-order valence-electron chi connectivity index (χ1n) is 5.77. The van der Waals surface area contributed by atoms with Crippen LogP contribution in [0.3, 0.4) is 0 Å². The molecule has 106 valence electrons. The van der Waals surface area contributed by atoms with Crippen molar-refractivity contribution >= 4 is 19.7 Å². The number of ether oxygens (including phenoxy) is 1. The highest BCUT2D eigenvalue weighted by Crippen LogP contribution is 2.29. The topological polar surface area (TPSA) is 43.4 Å². The third kappa shape index (κ3) is 3.29. The molecular weight excluding hydrogens is 303 g/mol. The lowest BCUT2D eigenvalue weighted by atomic mass is 10.2. The minimum Gasteiger partial charge on any atom is -0.457 e. The minimum atomic E-state index is -3.78. The lowest BCUT2D eigenvalue weighted by molar-refractivity contribution is 0.472. The van der Waals surface area contributed by atoms with Gasteiger partial charge in [0.1, 0.15) is 17.3 Å². The maximum absolute atomic E-state index is 13.2. The molecule has 0 saturated heterocycles. The molecule has 3 nitrogen and oxygen atoms in total. The zero-order chi connectivity index (χ0) is 14.9. The van der Waals surface area contributed by atoms with Crippen LogP contribution in [-0.4, -0.2) is 8.42 Å². The highest BCUT2D eigenvalue weighted by atomic mass is 35.7. The van der Waals surface area contributed by atoms with E-state index in [1.54, 1.807) is 26.0 Å². The third-order valence-corrected chi connectivity index (χ3v) is 4.27. The summed E-state index contributed by atoms with van der Waals surface area (Å²) >= 11 is 0. The molecule has 0 bridgehead atoms. The van der Waals surface area contributed by atoms with E-state index in [1.807, 2.05) is 0 Å². The largest absolute Gasteiger partial charge is 0.457 e. The first-order valence-corrected chi connectivity index (χ1v) is 8.07. The van der Waals surface area contributed by atoms with E-state index in [0.717, 1.165) is 5.56 Å². The molecule has 2 rings (SSSR count). The van der Waals surface area contributed by atoms with Crippen LogP contribution in [0, 0.1) is 19.7 Å². The van der Waals surface area contributed by atoms with Gasteiger partial charge in [-0.05, 0) is 49.2 Å². The molecule has 0 aliphatic rings. The van der Waals surface area contributed by atoms with Crippen molar-refractivity contribution in [3.05, 3.63) is 53.3 Å². The summed E-state index contributed by atoms with van der Waals surface area (Å²) in [7, 11) is 1.52. The number of hydrogen-bond donors (Lipinski definition) is 0. The van der Waals surface area contributed by atoms with Crippen LogP contribution in [0.4, 0.5) is 4.39 Å². The molecule has 0 unspecified atom stereocenters. The van der Waals surface area contributed by atoms with Crippen LogP contribution < -0.4 is 4.74 Å². The fourth-order valence-corrected chi connectivity index (χ4v) is 2.96. The van der Waals surface area contributed by atoms with Gasteiger partial charge in [0.2, 0.25) is 0 Å². The van der Waals surface area contributed by atoms with Crippen LogP contribution in [0.1, 0.15) is 11.1 Å². The summed E-state index contributed by atoms with van der Waals surface area (Å²) in [6.45, 7) is 3.40. The number of rotatable bonds is 3. The van der Waals surface area contributed by atoms with E-state index in [2.05, 4.69) is 0 Å². The molecule has 0 aromatic heterocycles. The molecule has 0 heterocycles. The zero-order valence-electron chi connectivity index (χ0n) is 10.9. The Hall–Kier alpha value is -1.59. The molecule has 0 spiro atoms. The summed E-state index contributed by atoms with van der Waals surface area (Å²) in [5.74, 6) is 0.397. The summed E-state index contributed by atoms with van der Waals surface area (Å²) in [4.78, 5) is 0.0301. The van der Waals surface area contributed by atoms with Crippen molar-refractivity contribution in [3.8, 4) is 11.5 Å². The molecular formula is C14H12ClFO3S. The quantitative estimate of drug-likeness (QED) is 0.799. The van der Waals surface area contributed by atoms with Gasteiger partial charge in [0.15, 0.2) is 0 Å². The van der Waals surface area contributed by atoms with Crippen molar-refractivity contribution in [2.24, 2.45) is 0 Å². The average molecular weight is 315 g/mol. The summed E-state index contributed by atoms with van der Waals surface area (Å²) < 4.78 is 41.3. The Morgan fingerprint density at radius 3 is 2.35 bits per heavy atom. The molecule has 2 aromatic rings. The van der Waals surface area contributed by atoms with Crippen molar-refractivity contribution < 1.29 is 17.5 Å². The molecule has 0 atom stereocenters. The van der Waals surface area contributed by atoms with Gasteiger partial charge in [-0.25, -0.2) is 12.8 Å². The first-order chi connectivity index (χ1) is 9.27. The standard InChI is InChI=1S/C14H12ClFO3S/c1-9-3-4-11(16)8-13(9)19-12-5-6-14(10(2)7-12)20(15,17)18/h3-8H,1-2H3. The van der Waals surface area contributed by atoms with Crippen molar-refractivity contribution in [3.63, 3.8) is 0 Å². The number of hydrogen-bond acceptors (Lipinski definition) is 3. The second-order valence-electron chi connectivity index (χ2n) is 4.38. The van der Waals surface area contributed by atoms with Crippen molar-refractivity contribution in [2.75, 3.05) is 0 Å². The zero-order valence-corrected chi connectivity index (χ0v) is 12.4. The molecule has 0 aliphatic heterocycles. The Morgan fingerprint density at radius 2 is 1.75 bits per heavy atom. The molecule has 0 amide bonds. The number of halogens is 2. The maximum atomic E-state index is 13.2. The van der Waals surface area contributed by atoms with Gasteiger partial charge in [-0.15, -0.1) is 0 Å². The summed E-state index contributed by atoms with van der Waals surface area (Å²) in [6.07, 6.45) is 0. The van der Waals surface area contributed by atoms with Crippen LogP contribution in [0.2, 0.25) is 0 Å². The first kappa shape index (κ1) is 14.8. The van der Waals surface area contributed by atoms with Crippen LogP contribution in [0.5, 0.6) is 11.5 Å². The molecule has 6 heteroatoms. The molecule has 0 saturated carbocycles. The smallest absolute Gasteiger partial charge is 0.261 e. The van der Waals surface area contributed by atoms with Crippen molar-refractivity contribution in [2.45, 2.75) is 18.7 Å². The van der Waals surface area contributed by atoms with Gasteiger partial charge in [0, 0.05) is 16.7 Å². The van der Waals surface area contributed by atoms with Crippen molar-refractivity contribution in [1.29, 1.82) is 0 Å². The highest BCUT2D eigenvalue weighted by Gasteiger charge is 2.14. The van der Waals surface area contributed by atoms with Crippen molar-refractivity contribution in [1.82, 2.24) is 0 Å². The van der Waals surface area contributed by atoms with Gasteiger partial charge in [-0.3, -0.25) is 0 Å². The Morgan fingerprint density at radius 1 is 1.05 bits per heavy atom. The SMILES string of the molecule is Cc1ccc(F)cc1Oc1ccc(S(=O)(=O)Cl)c(C)c1. The summed E-state index contributed by atoms with van der Waals surface area (Å²) in [6, 6.07) is 8.61. The van der Waals surface area contributed by atoms with Gasteiger partial charge < -0.3 is 4.74 Å². The van der Waals surface area contributed by atoms with E-state index in [9.17, 15) is 12.8 Å². The Balaban J connectivity index is 2.36. The molecule has 0 fully saturated rings. The second kappa shape index (κ2) is 5.42. The molecule has 20 heavy (non-hydrogen) atoms. The van der Waals surface area contributed by atoms with Gasteiger partial charge in [-0.1, -0.05) is 6.07 Å². The lowest BCUT2D eigenvalue weighted by Crippen LogP contribution is -1.95. The van der Waals surface area contributed by atoms with Crippen LogP contribution in [-0.2, 0) is 9.05 Å². The van der Waals surface area contributed by atoms with E-state index < -0.39 is 14.9 Å². The molecule has 0 N–H and O–H groups in total. The Labute approximate surface area is 121 Å². The normalized spacial score (nSPS) is 11.4. The van der Waals surface area contributed by atoms with Crippen LogP contribution in [0.25, 0.3) is 0 Å². The second-order valence-corrected chi connectivity index (χ2v) is 6.91. The van der Waals surface area contributed by atoms with Crippen LogP contribution >= 0.6 is 10.7 Å².